The Balaban J connectivity index is 1.44. The van der Waals surface area contributed by atoms with Gasteiger partial charge in [0.1, 0.15) is 11.5 Å². The predicted octanol–water partition coefficient (Wildman–Crippen LogP) is 6.91. The molecular weight excluding hydrogens is 597 g/mol. The van der Waals surface area contributed by atoms with Crippen LogP contribution in [0, 0.1) is 0 Å². The summed E-state index contributed by atoms with van der Waals surface area (Å²) in [4.78, 5) is 38.7. The maximum absolute atomic E-state index is 13.1. The first-order valence-electron chi connectivity index (χ1n) is 12.2. The van der Waals surface area contributed by atoms with Crippen molar-refractivity contribution in [2.45, 2.75) is 44.4 Å². The number of hydrogen-bond acceptors (Lipinski definition) is 6. The summed E-state index contributed by atoms with van der Waals surface area (Å²) in [5.41, 5.74) is 2.30. The van der Waals surface area contributed by atoms with Gasteiger partial charge < -0.3 is 19.5 Å². The van der Waals surface area contributed by atoms with Crippen LogP contribution in [-0.2, 0) is 19.1 Å². The number of carbonyl (C=O) groups excluding carboxylic acids is 3. The van der Waals surface area contributed by atoms with E-state index in [0.29, 0.717) is 80.1 Å². The van der Waals surface area contributed by atoms with Gasteiger partial charge in [-0.3, -0.25) is 14.4 Å². The number of rotatable bonds is 6. The van der Waals surface area contributed by atoms with Crippen molar-refractivity contribution in [2.24, 2.45) is 0 Å². The highest BCUT2D eigenvalue weighted by molar-refractivity contribution is 9.10. The third-order valence-electron chi connectivity index (χ3n) is 6.78. The number of allylic oxidation sites excluding steroid dienone is 4. The Hall–Kier alpha value is -2.81. The van der Waals surface area contributed by atoms with Gasteiger partial charge in [-0.1, -0.05) is 23.2 Å². The van der Waals surface area contributed by atoms with Crippen LogP contribution in [-0.4, -0.2) is 31.2 Å². The lowest BCUT2D eigenvalue weighted by Crippen LogP contribution is -2.30. The van der Waals surface area contributed by atoms with Gasteiger partial charge in [0.25, 0.3) is 5.91 Å². The number of anilines is 1. The van der Waals surface area contributed by atoms with Crippen LogP contribution in [0.4, 0.5) is 5.69 Å². The van der Waals surface area contributed by atoms with Crippen molar-refractivity contribution < 1.29 is 28.6 Å². The summed E-state index contributed by atoms with van der Waals surface area (Å²) >= 11 is 15.5. The van der Waals surface area contributed by atoms with Gasteiger partial charge in [0.2, 0.25) is 0 Å². The number of hydrogen-bond donors (Lipinski definition) is 1. The second-order valence-electron chi connectivity index (χ2n) is 9.26. The van der Waals surface area contributed by atoms with E-state index in [1.807, 2.05) is 6.07 Å². The second kappa shape index (κ2) is 11.1. The Morgan fingerprint density at radius 3 is 2.26 bits per heavy atom. The fourth-order valence-electron chi connectivity index (χ4n) is 5.11. The van der Waals surface area contributed by atoms with E-state index in [2.05, 4.69) is 21.2 Å². The molecule has 1 aliphatic heterocycles. The van der Waals surface area contributed by atoms with Crippen LogP contribution in [0.1, 0.15) is 50.0 Å². The molecule has 5 rings (SSSR count). The minimum absolute atomic E-state index is 0.00411. The molecule has 0 aromatic heterocycles. The zero-order chi connectivity index (χ0) is 27.0. The number of nitrogens with one attached hydrogen (secondary N) is 1. The van der Waals surface area contributed by atoms with E-state index in [1.165, 1.54) is 7.11 Å². The Bertz CT molecular complexity index is 1370. The normalized spacial score (nSPS) is 17.6. The van der Waals surface area contributed by atoms with E-state index in [0.717, 1.165) is 18.4 Å². The molecule has 1 amide bonds. The summed E-state index contributed by atoms with van der Waals surface area (Å²) in [5.74, 6) is 1.05. The summed E-state index contributed by atoms with van der Waals surface area (Å²) in [6.07, 6.45) is 3.62. The smallest absolute Gasteiger partial charge is 0.262 e. The highest BCUT2D eigenvalue weighted by Gasteiger charge is 2.42. The molecule has 0 fully saturated rings. The van der Waals surface area contributed by atoms with E-state index < -0.39 is 11.8 Å². The highest BCUT2D eigenvalue weighted by Crippen LogP contribution is 2.50. The lowest BCUT2D eigenvalue weighted by molar-refractivity contribution is -0.119. The molecule has 1 N–H and O–H groups in total. The van der Waals surface area contributed by atoms with Gasteiger partial charge in [-0.2, -0.15) is 0 Å². The van der Waals surface area contributed by atoms with Crippen LogP contribution in [0.25, 0.3) is 0 Å². The van der Waals surface area contributed by atoms with Gasteiger partial charge in [0.15, 0.2) is 29.7 Å². The van der Waals surface area contributed by atoms with Gasteiger partial charge in [0, 0.05) is 48.4 Å². The first kappa shape index (κ1) is 26.8. The van der Waals surface area contributed by atoms with Gasteiger partial charge in [0.05, 0.1) is 21.6 Å². The van der Waals surface area contributed by atoms with Crippen LogP contribution < -0.4 is 14.8 Å². The van der Waals surface area contributed by atoms with Gasteiger partial charge in [-0.25, -0.2) is 0 Å². The Morgan fingerprint density at radius 2 is 1.66 bits per heavy atom. The third kappa shape index (κ3) is 5.22. The largest absolute Gasteiger partial charge is 0.493 e. The molecule has 0 bridgehead atoms. The maximum atomic E-state index is 13.1. The van der Waals surface area contributed by atoms with Crippen molar-refractivity contribution in [3.63, 3.8) is 0 Å². The van der Waals surface area contributed by atoms with E-state index in [4.69, 9.17) is 37.4 Å². The molecule has 0 saturated heterocycles. The topological polar surface area (TPSA) is 90.9 Å². The third-order valence-corrected chi connectivity index (χ3v) is 8.10. The van der Waals surface area contributed by atoms with Crippen LogP contribution in [0.5, 0.6) is 11.5 Å². The average molecular weight is 621 g/mol. The Kier molecular flexibility index (Phi) is 7.84. The monoisotopic (exact) mass is 619 g/mol. The van der Waals surface area contributed by atoms with Crippen molar-refractivity contribution in [2.75, 3.05) is 19.0 Å². The molecule has 3 aliphatic rings. The predicted molar refractivity (Wildman–Crippen MR) is 147 cm³/mol. The molecule has 0 saturated carbocycles. The molecule has 0 radical (unpaired) electrons. The zero-order valence-electron chi connectivity index (χ0n) is 20.5. The van der Waals surface area contributed by atoms with E-state index in [1.54, 1.807) is 24.3 Å². The molecule has 2 aliphatic carbocycles. The van der Waals surface area contributed by atoms with Crippen molar-refractivity contribution >= 4 is 62.3 Å². The number of ether oxygens (including phenoxy) is 3. The van der Waals surface area contributed by atoms with Crippen LogP contribution >= 0.6 is 39.1 Å². The molecule has 38 heavy (non-hydrogen) atoms. The zero-order valence-corrected chi connectivity index (χ0v) is 23.6. The van der Waals surface area contributed by atoms with Crippen molar-refractivity contribution in [1.29, 1.82) is 0 Å². The molecule has 2 aromatic rings. The molecule has 1 heterocycles. The molecular formula is C28H24BrCl2NO6. The summed E-state index contributed by atoms with van der Waals surface area (Å²) in [6.45, 7) is -0.298. The minimum atomic E-state index is -0.536. The molecule has 7 nitrogen and oxygen atoms in total. The van der Waals surface area contributed by atoms with Crippen molar-refractivity contribution in [1.82, 2.24) is 0 Å². The number of ketones is 2. The fraction of sp³-hybridized carbons (Fsp3) is 0.321. The molecule has 10 heteroatoms. The first-order valence-corrected chi connectivity index (χ1v) is 13.8. The lowest BCUT2D eigenvalue weighted by atomic mass is 9.73. The average Bonchev–Trinajstić information content (AvgIpc) is 2.89. The van der Waals surface area contributed by atoms with Crippen molar-refractivity contribution in [3.8, 4) is 11.5 Å². The number of benzene rings is 2. The highest BCUT2D eigenvalue weighted by atomic mass is 79.9. The second-order valence-corrected chi connectivity index (χ2v) is 10.9. The Morgan fingerprint density at radius 1 is 1.00 bits per heavy atom. The quantitative estimate of drug-likeness (QED) is 0.377. The van der Waals surface area contributed by atoms with Gasteiger partial charge in [-0.05, 0) is 64.7 Å². The summed E-state index contributed by atoms with van der Waals surface area (Å²) in [5, 5.41) is 3.41. The van der Waals surface area contributed by atoms with E-state index >= 15 is 0 Å². The van der Waals surface area contributed by atoms with E-state index in [-0.39, 0.29) is 18.2 Å². The molecule has 0 atom stereocenters. The molecule has 0 spiro atoms. The van der Waals surface area contributed by atoms with E-state index in [9.17, 15) is 14.4 Å². The minimum Gasteiger partial charge on any atom is -0.493 e. The number of methoxy groups -OCH3 is 1. The molecule has 0 unspecified atom stereocenters. The van der Waals surface area contributed by atoms with Crippen LogP contribution in [0.3, 0.4) is 0 Å². The van der Waals surface area contributed by atoms with Gasteiger partial charge in [-0.15, -0.1) is 0 Å². The number of carbonyl (C=O) groups is 3. The molecule has 198 valence electrons. The Labute approximate surface area is 238 Å². The number of halogens is 3. The number of Topliss-reactive ketones (excluding diaryl/α,β-unsaturated/α-hetero) is 2. The fourth-order valence-corrected chi connectivity index (χ4v) is 5.98. The van der Waals surface area contributed by atoms with Crippen LogP contribution in [0.15, 0.2) is 57.5 Å². The maximum Gasteiger partial charge on any atom is 0.262 e. The number of amides is 1. The summed E-state index contributed by atoms with van der Waals surface area (Å²) in [7, 11) is 1.49. The van der Waals surface area contributed by atoms with Crippen LogP contribution in [0.2, 0.25) is 10.0 Å². The SMILES string of the molecule is COc1cc(C2C3=C(CCCC3=O)OC3=C2C(=O)CCC3)cc(Br)c1OCC(=O)Nc1ccc(Cl)c(Cl)c1. The standard InChI is InChI=1S/C28H24BrCl2NO6/c1-36-23-11-14(10-16(29)28(23)37-13-24(35)32-15-8-9-17(30)18(31)12-15)25-26-19(33)4-2-6-21(26)38-22-7-3-5-20(34)27(22)25/h8-12,25H,2-7,13H2,1H3,(H,32,35). The molecule has 2 aromatic carbocycles. The summed E-state index contributed by atoms with van der Waals surface area (Å²) < 4.78 is 18.1. The first-order chi connectivity index (χ1) is 18.3. The van der Waals surface area contributed by atoms with Gasteiger partial charge >= 0.3 is 0 Å². The lowest BCUT2D eigenvalue weighted by Gasteiger charge is -2.36. The summed E-state index contributed by atoms with van der Waals surface area (Å²) in [6, 6.07) is 8.34. The van der Waals surface area contributed by atoms with Crippen molar-refractivity contribution in [3.05, 3.63) is 73.1 Å².